The number of hydrogen-bond acceptors (Lipinski definition) is 2. The van der Waals surface area contributed by atoms with Gasteiger partial charge in [0.15, 0.2) is 0 Å². The summed E-state index contributed by atoms with van der Waals surface area (Å²) in [7, 11) is 0. The van der Waals surface area contributed by atoms with Crippen molar-refractivity contribution < 1.29 is 0 Å². The van der Waals surface area contributed by atoms with Gasteiger partial charge in [-0.05, 0) is 61.6 Å². The zero-order chi connectivity index (χ0) is 13.6. The van der Waals surface area contributed by atoms with Crippen LogP contribution in [0.2, 0.25) is 0 Å². The van der Waals surface area contributed by atoms with E-state index in [-0.39, 0.29) is 5.56 Å². The quantitative estimate of drug-likeness (QED) is 0.895. The van der Waals surface area contributed by atoms with Crippen LogP contribution in [0.25, 0.3) is 11.3 Å². The van der Waals surface area contributed by atoms with Crippen LogP contribution in [0.4, 0.5) is 5.69 Å². The minimum atomic E-state index is -0.0572. The summed E-state index contributed by atoms with van der Waals surface area (Å²) in [6, 6.07) is 10.3. The molecule has 1 aromatic carbocycles. The average molecular weight is 254 g/mol. The van der Waals surface area contributed by atoms with Gasteiger partial charge in [-0.1, -0.05) is 12.1 Å². The molecule has 1 fully saturated rings. The van der Waals surface area contributed by atoms with E-state index in [2.05, 4.69) is 32.0 Å². The molecule has 0 unspecified atom stereocenters. The number of rotatable bonds is 2. The number of benzene rings is 1. The summed E-state index contributed by atoms with van der Waals surface area (Å²) in [5.74, 6) is 0. The monoisotopic (exact) mass is 254 g/mol. The first kappa shape index (κ1) is 12.0. The Labute approximate surface area is 112 Å². The Kier molecular flexibility index (Phi) is 2.70. The van der Waals surface area contributed by atoms with E-state index >= 15 is 0 Å². The molecular formula is C16H18N2O. The zero-order valence-electron chi connectivity index (χ0n) is 11.3. The predicted octanol–water partition coefficient (Wildman–Crippen LogP) is 3.05. The molecule has 1 aliphatic rings. The van der Waals surface area contributed by atoms with Crippen molar-refractivity contribution in [3.05, 3.63) is 51.8 Å². The highest BCUT2D eigenvalue weighted by Crippen LogP contribution is 2.37. The molecule has 0 aliphatic heterocycles. The second-order valence-corrected chi connectivity index (χ2v) is 5.38. The molecule has 0 saturated heterocycles. The Morgan fingerprint density at radius 1 is 1.11 bits per heavy atom. The standard InChI is InChI=1S/C16H18N2O/c1-10-3-4-12(9-11(10)2)15-8-7-14(17)16(19)18(15)13-5-6-13/h3-4,7-9,13H,5-6,17H2,1-2H3. The van der Waals surface area contributed by atoms with Gasteiger partial charge < -0.3 is 10.3 Å². The van der Waals surface area contributed by atoms with E-state index in [4.69, 9.17) is 5.73 Å². The molecular weight excluding hydrogens is 236 g/mol. The van der Waals surface area contributed by atoms with Crippen LogP contribution in [-0.4, -0.2) is 4.57 Å². The third kappa shape index (κ3) is 2.05. The van der Waals surface area contributed by atoms with Crippen LogP contribution in [0.15, 0.2) is 35.1 Å². The lowest BCUT2D eigenvalue weighted by Crippen LogP contribution is -2.23. The number of nitrogens with zero attached hydrogens (tertiary/aromatic N) is 1. The van der Waals surface area contributed by atoms with Crippen molar-refractivity contribution in [1.29, 1.82) is 0 Å². The Morgan fingerprint density at radius 3 is 2.47 bits per heavy atom. The van der Waals surface area contributed by atoms with Gasteiger partial charge in [-0.15, -0.1) is 0 Å². The number of pyridine rings is 1. The highest BCUT2D eigenvalue weighted by molar-refractivity contribution is 5.63. The molecule has 2 aromatic rings. The van der Waals surface area contributed by atoms with Crippen LogP contribution < -0.4 is 11.3 Å². The molecule has 19 heavy (non-hydrogen) atoms. The number of aromatic nitrogens is 1. The van der Waals surface area contributed by atoms with Gasteiger partial charge in [0.05, 0.1) is 11.4 Å². The molecule has 3 nitrogen and oxygen atoms in total. The topological polar surface area (TPSA) is 48.0 Å². The minimum Gasteiger partial charge on any atom is -0.394 e. The van der Waals surface area contributed by atoms with Gasteiger partial charge in [-0.25, -0.2) is 0 Å². The van der Waals surface area contributed by atoms with Crippen LogP contribution in [0.3, 0.4) is 0 Å². The second kappa shape index (κ2) is 4.26. The van der Waals surface area contributed by atoms with E-state index in [9.17, 15) is 4.79 Å². The van der Waals surface area contributed by atoms with Crippen molar-refractivity contribution in [3.63, 3.8) is 0 Å². The fourth-order valence-corrected chi connectivity index (χ4v) is 2.40. The van der Waals surface area contributed by atoms with Gasteiger partial charge in [-0.3, -0.25) is 4.79 Å². The first-order valence-corrected chi connectivity index (χ1v) is 6.66. The second-order valence-electron chi connectivity index (χ2n) is 5.38. The maximum atomic E-state index is 12.2. The first-order chi connectivity index (χ1) is 9.08. The molecule has 0 atom stereocenters. The molecule has 2 N–H and O–H groups in total. The smallest absolute Gasteiger partial charge is 0.274 e. The molecule has 1 heterocycles. The molecule has 0 spiro atoms. The highest BCUT2D eigenvalue weighted by atomic mass is 16.1. The zero-order valence-corrected chi connectivity index (χ0v) is 11.3. The van der Waals surface area contributed by atoms with Gasteiger partial charge in [0.1, 0.15) is 0 Å². The molecule has 0 amide bonds. The third-order valence-corrected chi connectivity index (χ3v) is 3.86. The van der Waals surface area contributed by atoms with Crippen LogP contribution >= 0.6 is 0 Å². The number of nitrogens with two attached hydrogens (primary N) is 1. The molecule has 1 aliphatic carbocycles. The van der Waals surface area contributed by atoms with Crippen LogP contribution in [-0.2, 0) is 0 Å². The fraction of sp³-hybridized carbons (Fsp3) is 0.312. The Hall–Kier alpha value is -2.03. The molecule has 1 saturated carbocycles. The van der Waals surface area contributed by atoms with Gasteiger partial charge in [0.2, 0.25) is 0 Å². The van der Waals surface area contributed by atoms with Crippen LogP contribution in [0.1, 0.15) is 30.0 Å². The van der Waals surface area contributed by atoms with Crippen molar-refractivity contribution in [2.24, 2.45) is 0 Å². The lowest BCUT2D eigenvalue weighted by molar-refractivity contribution is 0.718. The Morgan fingerprint density at radius 2 is 1.84 bits per heavy atom. The lowest BCUT2D eigenvalue weighted by atomic mass is 10.0. The van der Waals surface area contributed by atoms with Gasteiger partial charge >= 0.3 is 0 Å². The molecule has 98 valence electrons. The largest absolute Gasteiger partial charge is 0.394 e. The summed E-state index contributed by atoms with van der Waals surface area (Å²) in [4.78, 5) is 12.2. The van der Waals surface area contributed by atoms with Crippen LogP contribution in [0, 0.1) is 13.8 Å². The summed E-state index contributed by atoms with van der Waals surface area (Å²) in [6.07, 6.45) is 2.14. The van der Waals surface area contributed by atoms with Crippen molar-refractivity contribution in [2.45, 2.75) is 32.7 Å². The van der Waals surface area contributed by atoms with Gasteiger partial charge in [0.25, 0.3) is 5.56 Å². The van der Waals surface area contributed by atoms with Crippen molar-refractivity contribution in [2.75, 3.05) is 5.73 Å². The molecule has 3 rings (SSSR count). The maximum absolute atomic E-state index is 12.2. The van der Waals surface area contributed by atoms with E-state index < -0.39 is 0 Å². The van der Waals surface area contributed by atoms with Crippen LogP contribution in [0.5, 0.6) is 0 Å². The molecule has 1 aromatic heterocycles. The van der Waals surface area contributed by atoms with E-state index in [1.54, 1.807) is 6.07 Å². The third-order valence-electron chi connectivity index (χ3n) is 3.86. The van der Waals surface area contributed by atoms with Crippen molar-refractivity contribution in [1.82, 2.24) is 4.57 Å². The highest BCUT2D eigenvalue weighted by Gasteiger charge is 2.27. The molecule has 0 radical (unpaired) electrons. The lowest BCUT2D eigenvalue weighted by Gasteiger charge is -2.14. The van der Waals surface area contributed by atoms with Gasteiger partial charge in [-0.2, -0.15) is 0 Å². The van der Waals surface area contributed by atoms with E-state index in [0.717, 1.165) is 24.1 Å². The summed E-state index contributed by atoms with van der Waals surface area (Å²) < 4.78 is 1.86. The maximum Gasteiger partial charge on any atom is 0.274 e. The number of aryl methyl sites for hydroxylation is 2. The molecule has 0 bridgehead atoms. The summed E-state index contributed by atoms with van der Waals surface area (Å²) in [5, 5.41) is 0. The SMILES string of the molecule is Cc1ccc(-c2ccc(N)c(=O)n2C2CC2)cc1C. The Balaban J connectivity index is 2.22. The summed E-state index contributed by atoms with van der Waals surface area (Å²) >= 11 is 0. The number of hydrogen-bond donors (Lipinski definition) is 1. The minimum absolute atomic E-state index is 0.0572. The van der Waals surface area contributed by atoms with Crippen molar-refractivity contribution >= 4 is 5.69 Å². The predicted molar refractivity (Wildman–Crippen MR) is 78.3 cm³/mol. The molecule has 3 heteroatoms. The fourth-order valence-electron chi connectivity index (χ4n) is 2.40. The van der Waals surface area contributed by atoms with E-state index in [0.29, 0.717) is 11.7 Å². The summed E-state index contributed by atoms with van der Waals surface area (Å²) in [5.41, 5.74) is 10.6. The number of nitrogen functional groups attached to an aromatic ring is 1. The average Bonchev–Trinajstić information content (AvgIpc) is 3.20. The van der Waals surface area contributed by atoms with Crippen molar-refractivity contribution in [3.8, 4) is 11.3 Å². The Bertz CT molecular complexity index is 696. The summed E-state index contributed by atoms with van der Waals surface area (Å²) in [6.45, 7) is 4.19. The van der Waals surface area contributed by atoms with E-state index in [1.165, 1.54) is 11.1 Å². The first-order valence-electron chi connectivity index (χ1n) is 6.66. The van der Waals surface area contributed by atoms with E-state index in [1.807, 2.05) is 10.6 Å². The van der Waals surface area contributed by atoms with Gasteiger partial charge in [0, 0.05) is 6.04 Å². The number of anilines is 1. The normalized spacial score (nSPS) is 14.6.